The first kappa shape index (κ1) is 18.8. The normalized spacial score (nSPS) is 10.6. The third kappa shape index (κ3) is 5.81. The highest BCUT2D eigenvalue weighted by atomic mass is 19.1. The Hall–Kier alpha value is -2.50. The molecule has 1 heterocycles. The van der Waals surface area contributed by atoms with Crippen molar-refractivity contribution in [2.45, 2.75) is 45.4 Å². The summed E-state index contributed by atoms with van der Waals surface area (Å²) in [6, 6.07) is 3.65. The summed E-state index contributed by atoms with van der Waals surface area (Å²) >= 11 is 0. The van der Waals surface area contributed by atoms with Crippen LogP contribution in [-0.4, -0.2) is 27.7 Å². The summed E-state index contributed by atoms with van der Waals surface area (Å²) in [4.78, 5) is 19.0. The molecule has 0 saturated heterocycles. The summed E-state index contributed by atoms with van der Waals surface area (Å²) in [7, 11) is 0. The molecule has 134 valence electrons. The molecule has 0 fully saturated rings. The fourth-order valence-electron chi connectivity index (χ4n) is 2.43. The van der Waals surface area contributed by atoms with Crippen molar-refractivity contribution < 1.29 is 19.0 Å². The fourth-order valence-corrected chi connectivity index (χ4v) is 2.43. The fraction of sp³-hybridized carbons (Fsp3) is 0.421. The van der Waals surface area contributed by atoms with Gasteiger partial charge in [-0.25, -0.2) is 19.2 Å². The van der Waals surface area contributed by atoms with Crippen molar-refractivity contribution in [3.8, 4) is 17.1 Å². The molecule has 0 aliphatic rings. The molecule has 25 heavy (non-hydrogen) atoms. The lowest BCUT2D eigenvalue weighted by Crippen LogP contribution is -2.01. The Kier molecular flexibility index (Phi) is 7.32. The quantitative estimate of drug-likeness (QED) is 0.630. The van der Waals surface area contributed by atoms with E-state index in [0.29, 0.717) is 12.4 Å². The molecular weight excluding hydrogens is 323 g/mol. The summed E-state index contributed by atoms with van der Waals surface area (Å²) in [6.07, 6.45) is 10.1. The topological polar surface area (TPSA) is 72.3 Å². The summed E-state index contributed by atoms with van der Waals surface area (Å²) in [5.74, 6) is -1.10. The lowest BCUT2D eigenvalue weighted by Gasteiger charge is -2.07. The maximum Gasteiger partial charge on any atom is 0.335 e. The molecule has 0 unspecified atom stereocenters. The zero-order valence-corrected chi connectivity index (χ0v) is 14.4. The molecule has 5 nitrogen and oxygen atoms in total. The minimum atomic E-state index is -1.18. The molecule has 1 aromatic heterocycles. The molecule has 0 spiro atoms. The first-order chi connectivity index (χ1) is 12.1. The van der Waals surface area contributed by atoms with E-state index in [1.54, 1.807) is 0 Å². The number of hydrogen-bond donors (Lipinski definition) is 1. The van der Waals surface area contributed by atoms with Crippen molar-refractivity contribution in [1.82, 2.24) is 9.97 Å². The van der Waals surface area contributed by atoms with Crippen molar-refractivity contribution in [2.75, 3.05) is 6.61 Å². The number of halogens is 1. The van der Waals surface area contributed by atoms with Gasteiger partial charge in [-0.05, 0) is 24.6 Å². The molecule has 0 atom stereocenters. The third-order valence-corrected chi connectivity index (χ3v) is 3.85. The number of benzene rings is 1. The molecule has 0 aliphatic carbocycles. The largest absolute Gasteiger partial charge is 0.490 e. The highest BCUT2D eigenvalue weighted by Gasteiger charge is 2.12. The van der Waals surface area contributed by atoms with Crippen LogP contribution < -0.4 is 4.74 Å². The smallest absolute Gasteiger partial charge is 0.335 e. The van der Waals surface area contributed by atoms with Gasteiger partial charge in [0.15, 0.2) is 11.6 Å². The molecule has 6 heteroatoms. The number of carbonyl (C=O) groups is 1. The molecule has 0 saturated carbocycles. The lowest BCUT2D eigenvalue weighted by atomic mass is 10.1. The van der Waals surface area contributed by atoms with Crippen LogP contribution in [0.4, 0.5) is 4.39 Å². The molecule has 1 aromatic carbocycles. The molecule has 0 radical (unpaired) electrons. The van der Waals surface area contributed by atoms with Crippen LogP contribution in [0.3, 0.4) is 0 Å². The number of aromatic nitrogens is 2. The monoisotopic (exact) mass is 346 g/mol. The number of rotatable bonds is 10. The van der Waals surface area contributed by atoms with Crippen LogP contribution in [0.5, 0.6) is 5.75 Å². The highest BCUT2D eigenvalue weighted by Crippen LogP contribution is 2.21. The van der Waals surface area contributed by atoms with Gasteiger partial charge in [0.2, 0.25) is 0 Å². The number of ether oxygens (including phenoxy) is 1. The third-order valence-electron chi connectivity index (χ3n) is 3.85. The van der Waals surface area contributed by atoms with Crippen molar-refractivity contribution in [1.29, 1.82) is 0 Å². The Morgan fingerprint density at radius 2 is 1.80 bits per heavy atom. The van der Waals surface area contributed by atoms with Crippen LogP contribution in [0.25, 0.3) is 11.4 Å². The van der Waals surface area contributed by atoms with E-state index in [4.69, 9.17) is 9.84 Å². The number of aromatic carboxylic acids is 1. The van der Waals surface area contributed by atoms with Gasteiger partial charge < -0.3 is 9.84 Å². The molecule has 1 N–H and O–H groups in total. The van der Waals surface area contributed by atoms with E-state index >= 15 is 0 Å². The summed E-state index contributed by atoms with van der Waals surface area (Å²) in [5, 5.41) is 8.86. The van der Waals surface area contributed by atoms with Gasteiger partial charge in [-0.1, -0.05) is 39.0 Å². The van der Waals surface area contributed by atoms with E-state index < -0.39 is 11.8 Å². The van der Waals surface area contributed by atoms with Crippen LogP contribution in [-0.2, 0) is 0 Å². The average molecular weight is 346 g/mol. The summed E-state index contributed by atoms with van der Waals surface area (Å²) in [5.41, 5.74) is 0.0487. The second kappa shape index (κ2) is 9.71. The summed E-state index contributed by atoms with van der Waals surface area (Å²) < 4.78 is 19.6. The SMILES string of the molecule is CCCCCCCCOc1cnc(-c2ccc(C(=O)O)cc2F)nc1. The van der Waals surface area contributed by atoms with Crippen molar-refractivity contribution in [3.63, 3.8) is 0 Å². The summed E-state index contributed by atoms with van der Waals surface area (Å²) in [6.45, 7) is 2.80. The van der Waals surface area contributed by atoms with E-state index in [1.165, 1.54) is 50.2 Å². The van der Waals surface area contributed by atoms with E-state index in [9.17, 15) is 9.18 Å². The van der Waals surface area contributed by atoms with Gasteiger partial charge in [0, 0.05) is 0 Å². The standard InChI is InChI=1S/C19H23FN2O3/c1-2-3-4-5-6-7-10-25-15-12-21-18(22-13-15)16-9-8-14(19(23)24)11-17(16)20/h8-9,11-13H,2-7,10H2,1H3,(H,23,24). The zero-order chi connectivity index (χ0) is 18.1. The second-order valence-electron chi connectivity index (χ2n) is 5.86. The Morgan fingerprint density at radius 1 is 1.12 bits per heavy atom. The molecule has 0 bridgehead atoms. The van der Waals surface area contributed by atoms with Crippen LogP contribution in [0.2, 0.25) is 0 Å². The van der Waals surface area contributed by atoms with Gasteiger partial charge in [0.1, 0.15) is 5.82 Å². The number of nitrogens with zero attached hydrogens (tertiary/aromatic N) is 2. The minimum Gasteiger partial charge on any atom is -0.490 e. The van der Waals surface area contributed by atoms with E-state index in [0.717, 1.165) is 18.9 Å². The predicted molar refractivity (Wildman–Crippen MR) is 93.3 cm³/mol. The predicted octanol–water partition coefficient (Wildman–Crippen LogP) is 4.72. The first-order valence-corrected chi connectivity index (χ1v) is 8.60. The van der Waals surface area contributed by atoms with Crippen molar-refractivity contribution >= 4 is 5.97 Å². The average Bonchev–Trinajstić information content (AvgIpc) is 2.61. The number of unbranched alkanes of at least 4 members (excludes halogenated alkanes) is 5. The molecule has 2 rings (SSSR count). The molecule has 2 aromatic rings. The van der Waals surface area contributed by atoms with Crippen LogP contribution in [0, 0.1) is 5.82 Å². The number of carboxylic acid groups (broad SMARTS) is 1. The van der Waals surface area contributed by atoms with Gasteiger partial charge >= 0.3 is 5.97 Å². The minimum absolute atomic E-state index is 0.111. The van der Waals surface area contributed by atoms with Gasteiger partial charge in [0.05, 0.1) is 30.1 Å². The van der Waals surface area contributed by atoms with Crippen LogP contribution >= 0.6 is 0 Å². The van der Waals surface area contributed by atoms with Crippen molar-refractivity contribution in [2.24, 2.45) is 0 Å². The maximum absolute atomic E-state index is 14.0. The Bertz CT molecular complexity index is 690. The molecule has 0 aliphatic heterocycles. The van der Waals surface area contributed by atoms with Crippen molar-refractivity contribution in [3.05, 3.63) is 42.0 Å². The first-order valence-electron chi connectivity index (χ1n) is 8.60. The Morgan fingerprint density at radius 3 is 2.44 bits per heavy atom. The van der Waals surface area contributed by atoms with Gasteiger partial charge in [-0.2, -0.15) is 0 Å². The zero-order valence-electron chi connectivity index (χ0n) is 14.4. The lowest BCUT2D eigenvalue weighted by molar-refractivity contribution is 0.0696. The highest BCUT2D eigenvalue weighted by molar-refractivity contribution is 5.88. The van der Waals surface area contributed by atoms with Gasteiger partial charge in [-0.3, -0.25) is 0 Å². The number of hydrogen-bond acceptors (Lipinski definition) is 4. The Labute approximate surface area is 146 Å². The number of carboxylic acids is 1. The van der Waals surface area contributed by atoms with E-state index in [1.807, 2.05) is 0 Å². The molecule has 0 amide bonds. The van der Waals surface area contributed by atoms with Crippen LogP contribution in [0.1, 0.15) is 55.8 Å². The second-order valence-corrected chi connectivity index (χ2v) is 5.86. The van der Waals surface area contributed by atoms with Crippen LogP contribution in [0.15, 0.2) is 30.6 Å². The van der Waals surface area contributed by atoms with E-state index in [-0.39, 0.29) is 17.0 Å². The van der Waals surface area contributed by atoms with Gasteiger partial charge in [0.25, 0.3) is 0 Å². The molecular formula is C19H23FN2O3. The maximum atomic E-state index is 14.0. The van der Waals surface area contributed by atoms with Gasteiger partial charge in [-0.15, -0.1) is 0 Å². The van der Waals surface area contributed by atoms with E-state index in [2.05, 4.69) is 16.9 Å². The Balaban J connectivity index is 1.86.